The van der Waals surface area contributed by atoms with Gasteiger partial charge >= 0.3 is 0 Å². The van der Waals surface area contributed by atoms with Gasteiger partial charge in [0.05, 0.1) is 5.60 Å². The molecule has 1 N–H and O–H groups in total. The fourth-order valence-corrected chi connectivity index (χ4v) is 3.70. The van der Waals surface area contributed by atoms with Crippen LogP contribution >= 0.6 is 0 Å². The summed E-state index contributed by atoms with van der Waals surface area (Å²) < 4.78 is 5.77. The van der Waals surface area contributed by atoms with E-state index in [-0.39, 0.29) is 17.4 Å². The van der Waals surface area contributed by atoms with Crippen molar-refractivity contribution in [3.8, 4) is 0 Å². The van der Waals surface area contributed by atoms with Gasteiger partial charge in [-0.25, -0.2) is 0 Å². The number of amides is 2. The predicted molar refractivity (Wildman–Crippen MR) is 96.3 cm³/mol. The molecule has 1 aromatic rings. The summed E-state index contributed by atoms with van der Waals surface area (Å²) in [5, 5.41) is 3.19. The lowest BCUT2D eigenvalue weighted by atomic mass is 9.80. The maximum Gasteiger partial charge on any atom is 0.251 e. The fraction of sp³-hybridized carbons (Fsp3) is 0.600. The van der Waals surface area contributed by atoms with Crippen molar-refractivity contribution in [1.29, 1.82) is 0 Å². The van der Waals surface area contributed by atoms with Gasteiger partial charge < -0.3 is 15.0 Å². The Morgan fingerprint density at radius 2 is 1.84 bits per heavy atom. The number of ether oxygens (including phenoxy) is 1. The monoisotopic (exact) mass is 344 g/mol. The summed E-state index contributed by atoms with van der Waals surface area (Å²) in [6.45, 7) is 5.32. The molecule has 0 radical (unpaired) electrons. The maximum absolute atomic E-state index is 12.7. The van der Waals surface area contributed by atoms with E-state index >= 15 is 0 Å². The lowest BCUT2D eigenvalue weighted by Crippen LogP contribution is -2.77. The van der Waals surface area contributed by atoms with Gasteiger partial charge in [0.15, 0.2) is 0 Å². The first kappa shape index (κ1) is 17.9. The Balaban J connectivity index is 1.68. The second-order valence-electron chi connectivity index (χ2n) is 7.78. The molecule has 0 spiro atoms. The van der Waals surface area contributed by atoms with Crippen molar-refractivity contribution in [1.82, 2.24) is 10.2 Å². The van der Waals surface area contributed by atoms with Crippen LogP contribution < -0.4 is 5.32 Å². The van der Waals surface area contributed by atoms with E-state index in [2.05, 4.69) is 19.2 Å². The van der Waals surface area contributed by atoms with E-state index in [1.807, 2.05) is 23.1 Å². The summed E-state index contributed by atoms with van der Waals surface area (Å²) in [6.07, 6.45) is 3.31. The third kappa shape index (κ3) is 3.43. The highest BCUT2D eigenvalue weighted by Crippen LogP contribution is 2.51. The van der Waals surface area contributed by atoms with Gasteiger partial charge in [0.1, 0.15) is 5.54 Å². The molecule has 0 aromatic heterocycles. The second kappa shape index (κ2) is 6.79. The summed E-state index contributed by atoms with van der Waals surface area (Å²) in [7, 11) is 1.70. The topological polar surface area (TPSA) is 58.6 Å². The van der Waals surface area contributed by atoms with Crippen LogP contribution in [0.3, 0.4) is 0 Å². The van der Waals surface area contributed by atoms with E-state index in [0.717, 1.165) is 19.3 Å². The molecule has 0 bridgehead atoms. The zero-order valence-electron chi connectivity index (χ0n) is 15.4. The highest BCUT2D eigenvalue weighted by atomic mass is 16.5. The molecule has 2 aliphatic rings. The Labute approximate surface area is 149 Å². The molecule has 0 atom stereocenters. The minimum absolute atomic E-state index is 0.0989. The molecule has 1 aromatic carbocycles. The second-order valence-corrected chi connectivity index (χ2v) is 7.78. The van der Waals surface area contributed by atoms with Crippen molar-refractivity contribution >= 4 is 11.8 Å². The van der Waals surface area contributed by atoms with Gasteiger partial charge in [-0.2, -0.15) is 0 Å². The molecule has 1 saturated heterocycles. The Bertz CT molecular complexity index is 632. The van der Waals surface area contributed by atoms with Crippen LogP contribution in [-0.2, 0) is 9.53 Å². The van der Waals surface area contributed by atoms with E-state index in [1.54, 1.807) is 19.2 Å². The van der Waals surface area contributed by atoms with Crippen LogP contribution in [0.5, 0.6) is 0 Å². The summed E-state index contributed by atoms with van der Waals surface area (Å²) in [6, 6.07) is 9.21. The first-order valence-corrected chi connectivity index (χ1v) is 9.12. The summed E-state index contributed by atoms with van der Waals surface area (Å²) in [5.41, 5.74) is -0.160. The summed E-state index contributed by atoms with van der Waals surface area (Å²) >= 11 is 0. The number of hydrogen-bond donors (Lipinski definition) is 1. The van der Waals surface area contributed by atoms with Gasteiger partial charge in [-0.05, 0) is 37.3 Å². The third-order valence-corrected chi connectivity index (χ3v) is 5.57. The number of methoxy groups -OCH3 is 1. The molecule has 2 fully saturated rings. The first-order valence-electron chi connectivity index (χ1n) is 9.12. The van der Waals surface area contributed by atoms with Crippen LogP contribution in [0, 0.1) is 5.92 Å². The highest BCUT2D eigenvalue weighted by Gasteiger charge is 2.66. The number of benzene rings is 1. The van der Waals surface area contributed by atoms with Gasteiger partial charge in [-0.3, -0.25) is 9.59 Å². The Kier molecular flexibility index (Phi) is 4.87. The van der Waals surface area contributed by atoms with Crippen LogP contribution in [0.4, 0.5) is 0 Å². The number of nitrogens with zero attached hydrogens (tertiary/aromatic N) is 1. The number of carbonyl (C=O) groups excluding carboxylic acids is 2. The smallest absolute Gasteiger partial charge is 0.251 e. The number of hydrogen-bond acceptors (Lipinski definition) is 3. The van der Waals surface area contributed by atoms with Gasteiger partial charge in [0.25, 0.3) is 5.91 Å². The van der Waals surface area contributed by atoms with Crippen LogP contribution in [0.15, 0.2) is 30.3 Å². The predicted octanol–water partition coefficient (Wildman–Crippen LogP) is 2.61. The number of nitrogens with one attached hydrogen (secondary N) is 1. The Hall–Kier alpha value is -1.88. The molecule has 2 amide bonds. The van der Waals surface area contributed by atoms with Crippen molar-refractivity contribution in [3.63, 3.8) is 0 Å². The number of likely N-dealkylation sites (tertiary alicyclic amines) is 1. The largest absolute Gasteiger partial charge is 0.376 e. The Morgan fingerprint density at radius 3 is 2.36 bits per heavy atom. The molecule has 5 heteroatoms. The van der Waals surface area contributed by atoms with E-state index in [4.69, 9.17) is 4.74 Å². The van der Waals surface area contributed by atoms with Crippen molar-refractivity contribution in [3.05, 3.63) is 35.9 Å². The van der Waals surface area contributed by atoms with Crippen molar-refractivity contribution < 1.29 is 14.3 Å². The molecule has 1 heterocycles. The lowest BCUT2D eigenvalue weighted by molar-refractivity contribution is -0.148. The highest BCUT2D eigenvalue weighted by molar-refractivity contribution is 5.95. The normalized spacial score (nSPS) is 20.1. The quantitative estimate of drug-likeness (QED) is 0.827. The van der Waals surface area contributed by atoms with Crippen LogP contribution in [0.1, 0.15) is 49.9 Å². The standard InChI is InChI=1S/C20H28N2O3/c1-15(2)9-10-17(23)22-13-19(14-22,20(25-3)11-12-20)21-18(24)16-7-5-4-6-8-16/h4-8,15H,9-14H2,1-3H3,(H,21,24). The maximum atomic E-state index is 12.7. The minimum atomic E-state index is -0.470. The first-order chi connectivity index (χ1) is 11.9. The molecule has 1 aliphatic carbocycles. The molecular weight excluding hydrogens is 316 g/mol. The molecule has 0 unspecified atom stereocenters. The molecule has 3 rings (SSSR count). The van der Waals surface area contributed by atoms with Crippen LogP contribution in [-0.4, -0.2) is 48.1 Å². The minimum Gasteiger partial charge on any atom is -0.376 e. The van der Waals surface area contributed by atoms with Gasteiger partial charge in [0, 0.05) is 32.2 Å². The number of carbonyl (C=O) groups is 2. The van der Waals surface area contributed by atoms with Crippen molar-refractivity contribution in [2.24, 2.45) is 5.92 Å². The third-order valence-electron chi connectivity index (χ3n) is 5.57. The number of rotatable bonds is 7. The van der Waals surface area contributed by atoms with Crippen LogP contribution in [0.2, 0.25) is 0 Å². The van der Waals surface area contributed by atoms with Gasteiger partial charge in [-0.1, -0.05) is 32.0 Å². The zero-order valence-corrected chi connectivity index (χ0v) is 15.4. The van der Waals surface area contributed by atoms with E-state index < -0.39 is 5.54 Å². The average molecular weight is 344 g/mol. The molecule has 1 aliphatic heterocycles. The Morgan fingerprint density at radius 1 is 1.20 bits per heavy atom. The molecule has 25 heavy (non-hydrogen) atoms. The zero-order chi connectivity index (χ0) is 18.1. The van der Waals surface area contributed by atoms with Crippen LogP contribution in [0.25, 0.3) is 0 Å². The van der Waals surface area contributed by atoms with Crippen molar-refractivity contribution in [2.45, 2.75) is 50.7 Å². The summed E-state index contributed by atoms with van der Waals surface area (Å²) in [4.78, 5) is 26.9. The molecular formula is C20H28N2O3. The fourth-order valence-electron chi connectivity index (χ4n) is 3.70. The van der Waals surface area contributed by atoms with Crippen molar-refractivity contribution in [2.75, 3.05) is 20.2 Å². The molecule has 136 valence electrons. The SMILES string of the molecule is COC1(C2(NC(=O)c3ccccc3)CN(C(=O)CCC(C)C)C2)CC1. The molecule has 5 nitrogen and oxygen atoms in total. The summed E-state index contributed by atoms with van der Waals surface area (Å²) in [5.74, 6) is 0.588. The van der Waals surface area contributed by atoms with E-state index in [0.29, 0.717) is 31.0 Å². The lowest BCUT2D eigenvalue weighted by Gasteiger charge is -2.54. The van der Waals surface area contributed by atoms with E-state index in [9.17, 15) is 9.59 Å². The van der Waals surface area contributed by atoms with Gasteiger partial charge in [-0.15, -0.1) is 0 Å². The van der Waals surface area contributed by atoms with E-state index in [1.165, 1.54) is 0 Å². The average Bonchev–Trinajstić information content (AvgIpc) is 3.37. The molecule has 1 saturated carbocycles. The van der Waals surface area contributed by atoms with Gasteiger partial charge in [0.2, 0.25) is 5.91 Å².